The number of amides is 1. The molecule has 132 valence electrons. The van der Waals surface area contributed by atoms with Crippen molar-refractivity contribution < 1.29 is 14.3 Å². The van der Waals surface area contributed by atoms with Crippen LogP contribution in [0.4, 0.5) is 17.3 Å². The summed E-state index contributed by atoms with van der Waals surface area (Å²) >= 11 is 0. The number of nitrogens with zero attached hydrogens (tertiary/aromatic N) is 2. The molecule has 0 aliphatic heterocycles. The van der Waals surface area contributed by atoms with Crippen LogP contribution in [0.25, 0.3) is 0 Å². The molecule has 1 amide bonds. The molecule has 0 aliphatic rings. The number of hydrogen-bond acceptors (Lipinski definition) is 6. The number of carbonyl (C=O) groups excluding carboxylic acids is 1. The molecular weight excluding hydrogens is 332 g/mol. The van der Waals surface area contributed by atoms with Crippen molar-refractivity contribution >= 4 is 23.2 Å². The molecule has 0 radical (unpaired) electrons. The van der Waals surface area contributed by atoms with Crippen LogP contribution in [-0.2, 0) is 0 Å². The number of nitrogens with one attached hydrogen (secondary N) is 2. The van der Waals surface area contributed by atoms with Gasteiger partial charge in [0.1, 0.15) is 11.5 Å². The highest BCUT2D eigenvalue weighted by Crippen LogP contribution is 2.30. The van der Waals surface area contributed by atoms with Crippen LogP contribution in [0, 0.1) is 0 Å². The van der Waals surface area contributed by atoms with Crippen molar-refractivity contribution in [1.29, 1.82) is 0 Å². The number of rotatable bonds is 6. The summed E-state index contributed by atoms with van der Waals surface area (Å²) in [7, 11) is 3.18. The van der Waals surface area contributed by atoms with Crippen LogP contribution in [0.15, 0.2) is 60.7 Å². The van der Waals surface area contributed by atoms with E-state index in [0.717, 1.165) is 0 Å². The first-order valence-corrected chi connectivity index (χ1v) is 7.89. The number of aromatic nitrogens is 2. The molecule has 0 saturated carbocycles. The van der Waals surface area contributed by atoms with Gasteiger partial charge >= 0.3 is 0 Å². The third kappa shape index (κ3) is 4.07. The number of methoxy groups -OCH3 is 2. The van der Waals surface area contributed by atoms with E-state index in [2.05, 4.69) is 20.8 Å². The predicted molar refractivity (Wildman–Crippen MR) is 99.3 cm³/mol. The van der Waals surface area contributed by atoms with Crippen molar-refractivity contribution in [1.82, 2.24) is 10.2 Å². The Labute approximate surface area is 151 Å². The van der Waals surface area contributed by atoms with E-state index in [9.17, 15) is 4.79 Å². The minimum absolute atomic E-state index is 0.241. The SMILES string of the molecule is COc1ccc(OC)c(Nc2ccc(NC(=O)c3ccccc3)nn2)c1. The molecule has 7 heteroatoms. The van der Waals surface area contributed by atoms with Gasteiger partial charge in [0.25, 0.3) is 5.91 Å². The highest BCUT2D eigenvalue weighted by molar-refractivity contribution is 6.03. The summed E-state index contributed by atoms with van der Waals surface area (Å²) in [5, 5.41) is 13.9. The van der Waals surface area contributed by atoms with Crippen molar-refractivity contribution in [3.8, 4) is 11.5 Å². The second-order valence-electron chi connectivity index (χ2n) is 5.32. The summed E-state index contributed by atoms with van der Waals surface area (Å²) < 4.78 is 10.5. The molecule has 2 N–H and O–H groups in total. The van der Waals surface area contributed by atoms with E-state index in [1.54, 1.807) is 68.8 Å². The van der Waals surface area contributed by atoms with Gasteiger partial charge in [0, 0.05) is 11.6 Å². The summed E-state index contributed by atoms with van der Waals surface area (Å²) in [4.78, 5) is 12.1. The summed E-state index contributed by atoms with van der Waals surface area (Å²) in [6, 6.07) is 17.7. The first kappa shape index (κ1) is 17.2. The normalized spacial score (nSPS) is 10.1. The maximum Gasteiger partial charge on any atom is 0.256 e. The van der Waals surface area contributed by atoms with E-state index >= 15 is 0 Å². The van der Waals surface area contributed by atoms with E-state index in [1.807, 2.05) is 6.07 Å². The Morgan fingerprint density at radius 1 is 0.885 bits per heavy atom. The fraction of sp³-hybridized carbons (Fsp3) is 0.105. The molecule has 0 atom stereocenters. The highest BCUT2D eigenvalue weighted by atomic mass is 16.5. The summed E-state index contributed by atoms with van der Waals surface area (Å²) in [5.41, 5.74) is 1.25. The average molecular weight is 350 g/mol. The summed E-state index contributed by atoms with van der Waals surface area (Å²) in [6.07, 6.45) is 0. The number of hydrogen-bond donors (Lipinski definition) is 2. The second-order valence-corrected chi connectivity index (χ2v) is 5.32. The maximum atomic E-state index is 12.1. The van der Waals surface area contributed by atoms with Crippen molar-refractivity contribution in [2.24, 2.45) is 0 Å². The summed E-state index contributed by atoms with van der Waals surface area (Å²) in [5.74, 6) is 1.97. The van der Waals surface area contributed by atoms with Crippen molar-refractivity contribution in [3.05, 3.63) is 66.2 Å². The minimum atomic E-state index is -0.241. The van der Waals surface area contributed by atoms with Crippen molar-refractivity contribution in [3.63, 3.8) is 0 Å². The molecular formula is C19H18N4O3. The smallest absolute Gasteiger partial charge is 0.256 e. The van der Waals surface area contributed by atoms with Crippen LogP contribution in [0.5, 0.6) is 11.5 Å². The van der Waals surface area contributed by atoms with E-state index in [4.69, 9.17) is 9.47 Å². The molecule has 0 unspecified atom stereocenters. The van der Waals surface area contributed by atoms with E-state index in [0.29, 0.717) is 34.4 Å². The third-order valence-electron chi connectivity index (χ3n) is 3.61. The third-order valence-corrected chi connectivity index (χ3v) is 3.61. The van der Waals surface area contributed by atoms with Crippen LogP contribution in [0.1, 0.15) is 10.4 Å². The molecule has 1 aromatic heterocycles. The molecule has 3 rings (SSSR count). The monoisotopic (exact) mass is 350 g/mol. The van der Waals surface area contributed by atoms with Gasteiger partial charge < -0.3 is 20.1 Å². The topological polar surface area (TPSA) is 85.4 Å². The highest BCUT2D eigenvalue weighted by Gasteiger charge is 2.09. The predicted octanol–water partition coefficient (Wildman–Crippen LogP) is 3.49. The fourth-order valence-corrected chi connectivity index (χ4v) is 2.29. The number of carbonyl (C=O) groups is 1. The minimum Gasteiger partial charge on any atom is -0.497 e. The molecule has 2 aromatic carbocycles. The lowest BCUT2D eigenvalue weighted by molar-refractivity contribution is 0.102. The van der Waals surface area contributed by atoms with Crippen LogP contribution in [0.3, 0.4) is 0 Å². The molecule has 7 nitrogen and oxygen atoms in total. The van der Waals surface area contributed by atoms with Gasteiger partial charge in [-0.05, 0) is 36.4 Å². The Morgan fingerprint density at radius 2 is 1.62 bits per heavy atom. The van der Waals surface area contributed by atoms with Crippen LogP contribution < -0.4 is 20.1 Å². The first-order chi connectivity index (χ1) is 12.7. The van der Waals surface area contributed by atoms with Crippen LogP contribution >= 0.6 is 0 Å². The standard InChI is InChI=1S/C19H18N4O3/c1-25-14-8-9-16(26-2)15(12-14)20-17-10-11-18(23-22-17)21-19(24)13-6-4-3-5-7-13/h3-12H,1-2H3,(H,20,22)(H,21,23,24). The number of anilines is 3. The largest absolute Gasteiger partial charge is 0.497 e. The lowest BCUT2D eigenvalue weighted by Gasteiger charge is -2.12. The van der Waals surface area contributed by atoms with Gasteiger partial charge in [0.05, 0.1) is 19.9 Å². The van der Waals surface area contributed by atoms with Gasteiger partial charge in [-0.1, -0.05) is 18.2 Å². The summed E-state index contributed by atoms with van der Waals surface area (Å²) in [6.45, 7) is 0. The zero-order valence-electron chi connectivity index (χ0n) is 14.4. The molecule has 0 bridgehead atoms. The Morgan fingerprint density at radius 3 is 2.27 bits per heavy atom. The lowest BCUT2D eigenvalue weighted by atomic mass is 10.2. The number of benzene rings is 2. The Balaban J connectivity index is 1.71. The van der Waals surface area contributed by atoms with Gasteiger partial charge in [-0.25, -0.2) is 0 Å². The quantitative estimate of drug-likeness (QED) is 0.708. The van der Waals surface area contributed by atoms with Gasteiger partial charge in [-0.15, -0.1) is 10.2 Å². The molecule has 26 heavy (non-hydrogen) atoms. The van der Waals surface area contributed by atoms with Gasteiger partial charge in [-0.3, -0.25) is 4.79 Å². The average Bonchev–Trinajstić information content (AvgIpc) is 2.70. The number of ether oxygens (including phenoxy) is 2. The zero-order valence-corrected chi connectivity index (χ0v) is 14.4. The molecule has 0 spiro atoms. The van der Waals surface area contributed by atoms with Gasteiger partial charge in [0.15, 0.2) is 11.6 Å². The first-order valence-electron chi connectivity index (χ1n) is 7.89. The van der Waals surface area contributed by atoms with Crippen LogP contribution in [-0.4, -0.2) is 30.3 Å². The molecule has 1 heterocycles. The Bertz CT molecular complexity index is 883. The Hall–Kier alpha value is -3.61. The van der Waals surface area contributed by atoms with E-state index in [-0.39, 0.29) is 5.91 Å². The van der Waals surface area contributed by atoms with E-state index < -0.39 is 0 Å². The van der Waals surface area contributed by atoms with Crippen molar-refractivity contribution in [2.45, 2.75) is 0 Å². The van der Waals surface area contributed by atoms with Gasteiger partial charge in [0.2, 0.25) is 0 Å². The zero-order chi connectivity index (χ0) is 18.4. The molecule has 3 aromatic rings. The lowest BCUT2D eigenvalue weighted by Crippen LogP contribution is -2.13. The Kier molecular flexibility index (Phi) is 5.28. The fourth-order valence-electron chi connectivity index (χ4n) is 2.29. The second kappa shape index (κ2) is 7.98. The van der Waals surface area contributed by atoms with Crippen molar-refractivity contribution in [2.75, 3.05) is 24.9 Å². The molecule has 0 saturated heterocycles. The van der Waals surface area contributed by atoms with E-state index in [1.165, 1.54) is 0 Å². The van der Waals surface area contributed by atoms with Gasteiger partial charge in [-0.2, -0.15) is 0 Å². The van der Waals surface area contributed by atoms with Crippen LogP contribution in [0.2, 0.25) is 0 Å². The maximum absolute atomic E-state index is 12.1. The molecule has 0 fully saturated rings. The molecule has 0 aliphatic carbocycles.